The second-order valence-electron chi connectivity index (χ2n) is 6.02. The SMILES string of the molecule is O=C(NCC1CCCO1)Nc1cccc(C(=O)Nc2cccc(F)c2)c1. The monoisotopic (exact) mass is 357 g/mol. The Kier molecular flexibility index (Phi) is 5.80. The van der Waals surface area contributed by atoms with Gasteiger partial charge in [-0.2, -0.15) is 0 Å². The maximum atomic E-state index is 13.2. The molecule has 3 amide bonds. The predicted octanol–water partition coefficient (Wildman–Crippen LogP) is 3.38. The van der Waals surface area contributed by atoms with E-state index in [-0.39, 0.29) is 18.0 Å². The number of urea groups is 1. The highest BCUT2D eigenvalue weighted by molar-refractivity contribution is 6.05. The summed E-state index contributed by atoms with van der Waals surface area (Å²) in [5.74, 6) is -0.819. The van der Waals surface area contributed by atoms with Gasteiger partial charge >= 0.3 is 6.03 Å². The number of anilines is 2. The molecule has 1 unspecified atom stereocenters. The molecule has 0 saturated carbocycles. The molecule has 1 heterocycles. The van der Waals surface area contributed by atoms with Crippen molar-refractivity contribution in [3.8, 4) is 0 Å². The van der Waals surface area contributed by atoms with Gasteiger partial charge in [-0.15, -0.1) is 0 Å². The zero-order chi connectivity index (χ0) is 18.4. The largest absolute Gasteiger partial charge is 0.376 e. The third-order valence-corrected chi connectivity index (χ3v) is 3.98. The highest BCUT2D eigenvalue weighted by Crippen LogP contribution is 2.15. The Bertz CT molecular complexity index is 791. The summed E-state index contributed by atoms with van der Waals surface area (Å²) in [6, 6.07) is 11.8. The molecule has 6 nitrogen and oxygen atoms in total. The van der Waals surface area contributed by atoms with Crippen molar-refractivity contribution in [3.05, 3.63) is 59.9 Å². The molecule has 2 aromatic carbocycles. The predicted molar refractivity (Wildman–Crippen MR) is 96.8 cm³/mol. The number of amides is 3. The Balaban J connectivity index is 1.56. The van der Waals surface area contributed by atoms with Crippen LogP contribution in [0.25, 0.3) is 0 Å². The Labute approximate surface area is 150 Å². The summed E-state index contributed by atoms with van der Waals surface area (Å²) in [4.78, 5) is 24.2. The van der Waals surface area contributed by atoms with Crippen LogP contribution in [0.3, 0.4) is 0 Å². The van der Waals surface area contributed by atoms with Crippen LogP contribution in [0.1, 0.15) is 23.2 Å². The zero-order valence-electron chi connectivity index (χ0n) is 14.1. The summed E-state index contributed by atoms with van der Waals surface area (Å²) in [7, 11) is 0. The number of hydrogen-bond acceptors (Lipinski definition) is 3. The van der Waals surface area contributed by atoms with E-state index in [9.17, 15) is 14.0 Å². The molecular weight excluding hydrogens is 337 g/mol. The molecule has 0 aromatic heterocycles. The normalized spacial score (nSPS) is 16.1. The fraction of sp³-hybridized carbons (Fsp3) is 0.263. The van der Waals surface area contributed by atoms with Crippen LogP contribution < -0.4 is 16.0 Å². The first-order chi connectivity index (χ1) is 12.6. The number of ether oxygens (including phenoxy) is 1. The summed E-state index contributed by atoms with van der Waals surface area (Å²) >= 11 is 0. The maximum Gasteiger partial charge on any atom is 0.319 e. The minimum atomic E-state index is -0.430. The highest BCUT2D eigenvalue weighted by Gasteiger charge is 2.16. The van der Waals surface area contributed by atoms with E-state index in [4.69, 9.17) is 4.74 Å². The Morgan fingerprint density at radius 2 is 1.85 bits per heavy atom. The number of rotatable bonds is 5. The number of benzene rings is 2. The molecule has 136 valence electrons. The summed E-state index contributed by atoms with van der Waals surface area (Å²) in [6.07, 6.45) is 2.01. The van der Waals surface area contributed by atoms with Crippen molar-refractivity contribution in [2.24, 2.45) is 0 Å². The van der Waals surface area contributed by atoms with Gasteiger partial charge in [-0.3, -0.25) is 4.79 Å². The molecule has 7 heteroatoms. The number of carbonyl (C=O) groups excluding carboxylic acids is 2. The fourth-order valence-corrected chi connectivity index (χ4v) is 2.69. The maximum absolute atomic E-state index is 13.2. The first-order valence-corrected chi connectivity index (χ1v) is 8.43. The summed E-state index contributed by atoms with van der Waals surface area (Å²) < 4.78 is 18.6. The minimum Gasteiger partial charge on any atom is -0.376 e. The summed E-state index contributed by atoms with van der Waals surface area (Å²) in [5, 5.41) is 8.06. The molecule has 3 N–H and O–H groups in total. The van der Waals surface area contributed by atoms with E-state index in [0.717, 1.165) is 19.4 Å². The first-order valence-electron chi connectivity index (χ1n) is 8.43. The van der Waals surface area contributed by atoms with Crippen LogP contribution in [0.5, 0.6) is 0 Å². The summed E-state index contributed by atoms with van der Waals surface area (Å²) in [6.45, 7) is 1.18. The van der Waals surface area contributed by atoms with Crippen LogP contribution in [-0.4, -0.2) is 31.2 Å². The first kappa shape index (κ1) is 17.9. The van der Waals surface area contributed by atoms with Crippen LogP contribution in [0.2, 0.25) is 0 Å². The molecule has 0 spiro atoms. The van der Waals surface area contributed by atoms with E-state index in [0.29, 0.717) is 23.5 Å². The minimum absolute atomic E-state index is 0.0594. The molecule has 2 aromatic rings. The number of nitrogens with one attached hydrogen (secondary N) is 3. The van der Waals surface area contributed by atoms with E-state index < -0.39 is 5.82 Å². The lowest BCUT2D eigenvalue weighted by Gasteiger charge is -2.12. The van der Waals surface area contributed by atoms with Gasteiger partial charge in [-0.05, 0) is 49.2 Å². The van der Waals surface area contributed by atoms with Gasteiger partial charge in [-0.25, -0.2) is 9.18 Å². The second-order valence-corrected chi connectivity index (χ2v) is 6.02. The average molecular weight is 357 g/mol. The smallest absolute Gasteiger partial charge is 0.319 e. The lowest BCUT2D eigenvalue weighted by Crippen LogP contribution is -2.35. The van der Waals surface area contributed by atoms with E-state index in [1.165, 1.54) is 18.2 Å². The quantitative estimate of drug-likeness (QED) is 0.767. The number of carbonyl (C=O) groups is 2. The average Bonchev–Trinajstić information content (AvgIpc) is 3.14. The van der Waals surface area contributed by atoms with Gasteiger partial charge in [0.15, 0.2) is 0 Å². The second kappa shape index (κ2) is 8.44. The Hall–Kier alpha value is -2.93. The van der Waals surface area contributed by atoms with Crippen molar-refractivity contribution in [2.75, 3.05) is 23.8 Å². The van der Waals surface area contributed by atoms with Gasteiger partial charge in [0.05, 0.1) is 6.10 Å². The standard InChI is InChI=1S/C19H20FN3O3/c20-14-5-2-7-16(11-14)22-18(24)13-4-1-6-15(10-13)23-19(25)21-12-17-8-3-9-26-17/h1-2,4-7,10-11,17H,3,8-9,12H2,(H,22,24)(H2,21,23,25). The summed E-state index contributed by atoms with van der Waals surface area (Å²) in [5.41, 5.74) is 1.20. The van der Waals surface area contributed by atoms with E-state index in [2.05, 4.69) is 16.0 Å². The third-order valence-electron chi connectivity index (χ3n) is 3.98. The molecule has 1 fully saturated rings. The molecule has 1 aliphatic heterocycles. The van der Waals surface area contributed by atoms with Gasteiger partial charge in [0, 0.05) is 30.1 Å². The van der Waals surface area contributed by atoms with Crippen molar-refractivity contribution in [3.63, 3.8) is 0 Å². The molecule has 3 rings (SSSR count). The van der Waals surface area contributed by atoms with Gasteiger partial charge in [-0.1, -0.05) is 12.1 Å². The highest BCUT2D eigenvalue weighted by atomic mass is 19.1. The molecule has 1 saturated heterocycles. The van der Waals surface area contributed by atoms with Gasteiger partial charge < -0.3 is 20.7 Å². The van der Waals surface area contributed by atoms with Crippen LogP contribution in [0, 0.1) is 5.82 Å². The zero-order valence-corrected chi connectivity index (χ0v) is 14.1. The fourth-order valence-electron chi connectivity index (χ4n) is 2.69. The van der Waals surface area contributed by atoms with Crippen molar-refractivity contribution in [2.45, 2.75) is 18.9 Å². The van der Waals surface area contributed by atoms with Crippen molar-refractivity contribution < 1.29 is 18.7 Å². The molecule has 1 atom stereocenters. The molecule has 0 radical (unpaired) electrons. The van der Waals surface area contributed by atoms with Crippen LogP contribution in [-0.2, 0) is 4.74 Å². The van der Waals surface area contributed by atoms with Crippen LogP contribution in [0.4, 0.5) is 20.6 Å². The van der Waals surface area contributed by atoms with Crippen molar-refractivity contribution >= 4 is 23.3 Å². The molecular formula is C19H20FN3O3. The Morgan fingerprint density at radius 1 is 1.08 bits per heavy atom. The van der Waals surface area contributed by atoms with Gasteiger partial charge in [0.1, 0.15) is 5.82 Å². The van der Waals surface area contributed by atoms with Gasteiger partial charge in [0.25, 0.3) is 5.91 Å². The number of halogens is 1. The van der Waals surface area contributed by atoms with Crippen LogP contribution >= 0.6 is 0 Å². The lowest BCUT2D eigenvalue weighted by atomic mass is 10.2. The Morgan fingerprint density at radius 3 is 2.58 bits per heavy atom. The van der Waals surface area contributed by atoms with E-state index in [1.54, 1.807) is 30.3 Å². The lowest BCUT2D eigenvalue weighted by molar-refractivity contribution is 0.102. The molecule has 0 bridgehead atoms. The number of hydrogen-bond donors (Lipinski definition) is 3. The van der Waals surface area contributed by atoms with E-state index >= 15 is 0 Å². The molecule has 1 aliphatic rings. The van der Waals surface area contributed by atoms with Gasteiger partial charge in [0.2, 0.25) is 0 Å². The van der Waals surface area contributed by atoms with E-state index in [1.807, 2.05) is 0 Å². The van der Waals surface area contributed by atoms with Crippen LogP contribution in [0.15, 0.2) is 48.5 Å². The topological polar surface area (TPSA) is 79.5 Å². The third kappa shape index (κ3) is 5.03. The van der Waals surface area contributed by atoms with Crippen molar-refractivity contribution in [1.29, 1.82) is 0 Å². The molecule has 26 heavy (non-hydrogen) atoms. The van der Waals surface area contributed by atoms with Crippen molar-refractivity contribution in [1.82, 2.24) is 5.32 Å². The molecule has 0 aliphatic carbocycles.